The van der Waals surface area contributed by atoms with Gasteiger partial charge in [0.15, 0.2) is 5.82 Å². The molecule has 16 aromatic rings. The average molecular weight is 945 g/mol. The number of nitrogens with zero attached hydrogens (tertiary/aromatic N) is 4. The lowest BCUT2D eigenvalue weighted by Gasteiger charge is -2.13. The number of rotatable bonds is 6. The van der Waals surface area contributed by atoms with Gasteiger partial charge in [0, 0.05) is 70.9 Å². The zero-order chi connectivity index (χ0) is 48.4. The molecule has 5 heterocycles. The third kappa shape index (κ3) is 6.06. The average Bonchev–Trinajstić information content (AvgIpc) is 4.25. The van der Waals surface area contributed by atoms with Crippen molar-refractivity contribution in [3.8, 4) is 56.3 Å². The molecule has 0 fully saturated rings. The van der Waals surface area contributed by atoms with Gasteiger partial charge in [0.05, 0.1) is 27.6 Å². The van der Waals surface area contributed by atoms with Crippen molar-refractivity contribution in [2.24, 2.45) is 0 Å². The summed E-state index contributed by atoms with van der Waals surface area (Å²) < 4.78 is 17.8. The first-order valence-corrected chi connectivity index (χ1v) is 25.0. The van der Waals surface area contributed by atoms with Gasteiger partial charge in [-0.3, -0.25) is 4.57 Å². The first kappa shape index (κ1) is 40.7. The van der Waals surface area contributed by atoms with Crippen LogP contribution in [0.25, 0.3) is 155 Å². The molecule has 0 N–H and O–H groups in total. The maximum Gasteiger partial charge on any atom is 0.162 e. The van der Waals surface area contributed by atoms with Crippen molar-refractivity contribution in [2.75, 3.05) is 0 Å². The van der Waals surface area contributed by atoms with Gasteiger partial charge in [-0.05, 0) is 101 Å². The van der Waals surface area contributed by atoms with Gasteiger partial charge in [-0.25, -0.2) is 9.97 Å². The zero-order valence-corrected chi connectivity index (χ0v) is 39.7. The van der Waals surface area contributed by atoms with Crippen molar-refractivity contribution in [3.63, 3.8) is 0 Å². The van der Waals surface area contributed by atoms with Gasteiger partial charge < -0.3 is 13.4 Å². The predicted octanol–water partition coefficient (Wildman–Crippen LogP) is 18.3. The molecule has 11 aromatic carbocycles. The van der Waals surface area contributed by atoms with E-state index in [0.29, 0.717) is 5.82 Å². The molecular formula is C68H40N4O2. The van der Waals surface area contributed by atoms with E-state index in [9.17, 15) is 0 Å². The number of para-hydroxylation sites is 6. The van der Waals surface area contributed by atoms with E-state index in [1.807, 2.05) is 42.5 Å². The number of furan rings is 2. The lowest BCUT2D eigenvalue weighted by molar-refractivity contribution is 0.669. The Bertz CT molecular complexity index is 4960. The molecule has 0 unspecified atom stereocenters. The Morgan fingerprint density at radius 3 is 1.42 bits per heavy atom. The van der Waals surface area contributed by atoms with Crippen LogP contribution in [0.4, 0.5) is 0 Å². The number of benzene rings is 11. The molecule has 74 heavy (non-hydrogen) atoms. The zero-order valence-electron chi connectivity index (χ0n) is 39.7. The van der Waals surface area contributed by atoms with Crippen molar-refractivity contribution in [2.45, 2.75) is 0 Å². The summed E-state index contributed by atoms with van der Waals surface area (Å²) in [5, 5.41) is 10.1. The molecule has 5 aromatic heterocycles. The Balaban J connectivity index is 0.878. The van der Waals surface area contributed by atoms with Crippen LogP contribution in [0.2, 0.25) is 0 Å². The largest absolute Gasteiger partial charge is 0.455 e. The number of aromatic nitrogens is 4. The van der Waals surface area contributed by atoms with E-state index in [-0.39, 0.29) is 0 Å². The van der Waals surface area contributed by atoms with E-state index in [1.54, 1.807) is 0 Å². The maximum absolute atomic E-state index is 6.60. The van der Waals surface area contributed by atoms with Crippen LogP contribution in [0.1, 0.15) is 0 Å². The highest BCUT2D eigenvalue weighted by molar-refractivity contribution is 6.16. The molecule has 16 rings (SSSR count). The predicted molar refractivity (Wildman–Crippen MR) is 305 cm³/mol. The molecule has 0 aliphatic carbocycles. The number of fused-ring (bicyclic) bond motifs is 13. The Morgan fingerprint density at radius 2 is 0.757 bits per heavy atom. The molecular weight excluding hydrogens is 905 g/mol. The maximum atomic E-state index is 6.60. The van der Waals surface area contributed by atoms with E-state index >= 15 is 0 Å². The molecule has 0 spiro atoms. The molecule has 0 radical (unpaired) electrons. The van der Waals surface area contributed by atoms with Crippen LogP contribution in [-0.4, -0.2) is 19.1 Å². The van der Waals surface area contributed by atoms with Gasteiger partial charge in [0.25, 0.3) is 0 Å². The first-order chi connectivity index (χ1) is 36.7. The summed E-state index contributed by atoms with van der Waals surface area (Å²) in [5.74, 6) is 1.55. The SMILES string of the molecule is c1ccc(-c2nc(-n3c4ccccc4c4cc(-c5ccc6c(c5)c5cc(-c7cccc8c7oc7ccccc78)ccc5n6-c5ccc(-c6cccc7c6oc6ccccc67)cc5)ccc43)c3ccccc3n2)cc1. The molecule has 0 amide bonds. The van der Waals surface area contributed by atoms with Crippen LogP contribution in [0.15, 0.2) is 251 Å². The van der Waals surface area contributed by atoms with Gasteiger partial charge in [-0.15, -0.1) is 0 Å². The van der Waals surface area contributed by atoms with Crippen LogP contribution in [0.5, 0.6) is 0 Å². The Morgan fingerprint density at radius 1 is 0.284 bits per heavy atom. The topological polar surface area (TPSA) is 61.9 Å². The lowest BCUT2D eigenvalue weighted by atomic mass is 9.98. The highest BCUT2D eigenvalue weighted by atomic mass is 16.3. The smallest absolute Gasteiger partial charge is 0.162 e. The molecule has 0 atom stereocenters. The minimum atomic E-state index is 0.697. The molecule has 0 bridgehead atoms. The summed E-state index contributed by atoms with van der Waals surface area (Å²) >= 11 is 0. The molecule has 6 heteroatoms. The van der Waals surface area contributed by atoms with Crippen LogP contribution >= 0.6 is 0 Å². The summed E-state index contributed by atoms with van der Waals surface area (Å²) in [5.41, 5.74) is 17.6. The fraction of sp³-hybridized carbons (Fsp3) is 0. The van der Waals surface area contributed by atoms with Gasteiger partial charge in [0.2, 0.25) is 0 Å². The second-order valence-electron chi connectivity index (χ2n) is 19.2. The number of hydrogen-bond acceptors (Lipinski definition) is 4. The van der Waals surface area contributed by atoms with E-state index in [4.69, 9.17) is 18.8 Å². The Hall–Kier alpha value is -10.0. The molecule has 0 aliphatic rings. The highest BCUT2D eigenvalue weighted by Gasteiger charge is 2.21. The van der Waals surface area contributed by atoms with Crippen molar-refractivity contribution in [3.05, 3.63) is 243 Å². The van der Waals surface area contributed by atoms with E-state index in [2.05, 4.69) is 209 Å². The fourth-order valence-electron chi connectivity index (χ4n) is 11.7. The summed E-state index contributed by atoms with van der Waals surface area (Å²) in [6.45, 7) is 0. The van der Waals surface area contributed by atoms with Crippen molar-refractivity contribution < 1.29 is 8.83 Å². The molecule has 0 saturated heterocycles. The van der Waals surface area contributed by atoms with Crippen molar-refractivity contribution >= 4 is 98.4 Å². The quantitative estimate of drug-likeness (QED) is 0.167. The van der Waals surface area contributed by atoms with E-state index in [0.717, 1.165) is 149 Å². The molecule has 6 nitrogen and oxygen atoms in total. The molecule has 0 saturated carbocycles. The van der Waals surface area contributed by atoms with Crippen LogP contribution in [-0.2, 0) is 0 Å². The first-order valence-electron chi connectivity index (χ1n) is 25.0. The second kappa shape index (κ2) is 15.7. The Kier molecular flexibility index (Phi) is 8.64. The molecule has 0 aliphatic heterocycles. The normalized spacial score (nSPS) is 12.1. The van der Waals surface area contributed by atoms with Crippen LogP contribution in [0, 0.1) is 0 Å². The van der Waals surface area contributed by atoms with E-state index in [1.165, 1.54) is 0 Å². The van der Waals surface area contributed by atoms with Gasteiger partial charge in [-0.1, -0.05) is 164 Å². The standard InChI is InChI=1S/C68H40N4O2/c1-2-14-42(15-3-1)67-69-58-24-8-4-19-54(58)68(70-67)72-59-25-9-5-16-49(59)55-38-43(31-36-62(55)72)44-30-35-60-56(39-44)57-40-45(48-21-13-23-53-51-18-7-11-27-64(51)74-66(48)53)32-37-61(57)71(60)46-33-28-41(29-34-46)47-20-12-22-52-50-17-6-10-26-63(50)73-65(47)52/h1-40H. The minimum Gasteiger partial charge on any atom is -0.455 e. The van der Waals surface area contributed by atoms with Gasteiger partial charge >= 0.3 is 0 Å². The van der Waals surface area contributed by atoms with Crippen LogP contribution in [0.3, 0.4) is 0 Å². The fourth-order valence-corrected chi connectivity index (χ4v) is 11.7. The summed E-state index contributed by atoms with van der Waals surface area (Å²) in [6, 6.07) is 86.3. The third-order valence-corrected chi connectivity index (χ3v) is 15.2. The minimum absolute atomic E-state index is 0.697. The van der Waals surface area contributed by atoms with Gasteiger partial charge in [-0.2, -0.15) is 0 Å². The Labute approximate surface area is 423 Å². The highest BCUT2D eigenvalue weighted by Crippen LogP contribution is 2.43. The monoisotopic (exact) mass is 944 g/mol. The van der Waals surface area contributed by atoms with E-state index < -0.39 is 0 Å². The molecule has 344 valence electrons. The van der Waals surface area contributed by atoms with Gasteiger partial charge in [0.1, 0.15) is 28.1 Å². The summed E-state index contributed by atoms with van der Waals surface area (Å²) in [4.78, 5) is 10.4. The van der Waals surface area contributed by atoms with Crippen LogP contribution < -0.4 is 0 Å². The van der Waals surface area contributed by atoms with Crippen molar-refractivity contribution in [1.29, 1.82) is 0 Å². The number of hydrogen-bond donors (Lipinski definition) is 0. The summed E-state index contributed by atoms with van der Waals surface area (Å²) in [7, 11) is 0. The second-order valence-corrected chi connectivity index (χ2v) is 19.2. The van der Waals surface area contributed by atoms with Crippen molar-refractivity contribution in [1.82, 2.24) is 19.1 Å². The lowest BCUT2D eigenvalue weighted by Crippen LogP contribution is -2.02. The summed E-state index contributed by atoms with van der Waals surface area (Å²) in [6.07, 6.45) is 0. The third-order valence-electron chi connectivity index (χ3n) is 15.2.